The van der Waals surface area contributed by atoms with Crippen LogP contribution in [-0.2, 0) is 15.9 Å². The van der Waals surface area contributed by atoms with Crippen LogP contribution < -0.4 is 10.6 Å². The minimum absolute atomic E-state index is 0.121. The number of hydrogen-bond acceptors (Lipinski definition) is 6. The zero-order chi connectivity index (χ0) is 14.8. The van der Waals surface area contributed by atoms with E-state index in [4.69, 9.17) is 15.2 Å². The number of ether oxygens (including phenoxy) is 2. The molecule has 0 saturated heterocycles. The van der Waals surface area contributed by atoms with E-state index in [1.165, 1.54) is 0 Å². The van der Waals surface area contributed by atoms with Crippen molar-refractivity contribution in [2.24, 2.45) is 5.73 Å². The summed E-state index contributed by atoms with van der Waals surface area (Å²) in [5.41, 5.74) is 6.83. The number of aromatic nitrogens is 2. The van der Waals surface area contributed by atoms with Crippen LogP contribution in [0.1, 0.15) is 18.9 Å². The third-order valence-corrected chi connectivity index (χ3v) is 2.87. The van der Waals surface area contributed by atoms with Crippen LogP contribution in [0.25, 0.3) is 0 Å². The van der Waals surface area contributed by atoms with E-state index in [2.05, 4.69) is 14.9 Å². The molecule has 0 aliphatic carbocycles. The smallest absolute Gasteiger partial charge is 0.225 e. The molecule has 0 amide bonds. The number of nitrogens with two attached hydrogens (primary N) is 1. The van der Waals surface area contributed by atoms with Gasteiger partial charge >= 0.3 is 0 Å². The van der Waals surface area contributed by atoms with Crippen LogP contribution in [0.15, 0.2) is 12.4 Å². The molecule has 20 heavy (non-hydrogen) atoms. The average molecular weight is 282 g/mol. The van der Waals surface area contributed by atoms with Gasteiger partial charge in [-0.1, -0.05) is 0 Å². The fourth-order valence-corrected chi connectivity index (χ4v) is 1.90. The minimum Gasteiger partial charge on any atom is -0.385 e. The third kappa shape index (κ3) is 6.27. The van der Waals surface area contributed by atoms with E-state index < -0.39 is 0 Å². The molecule has 114 valence electrons. The Morgan fingerprint density at radius 3 is 2.35 bits per heavy atom. The number of nitrogens with zero attached hydrogens (tertiary/aromatic N) is 3. The first kappa shape index (κ1) is 16.8. The Hall–Kier alpha value is -1.24. The van der Waals surface area contributed by atoms with Gasteiger partial charge in [0, 0.05) is 52.4 Å². The van der Waals surface area contributed by atoms with Gasteiger partial charge in [-0.15, -0.1) is 0 Å². The van der Waals surface area contributed by atoms with Gasteiger partial charge in [-0.3, -0.25) is 0 Å². The molecule has 0 spiro atoms. The number of hydrogen-bond donors (Lipinski definition) is 1. The predicted molar refractivity (Wildman–Crippen MR) is 80.0 cm³/mol. The lowest BCUT2D eigenvalue weighted by molar-refractivity contribution is 0.190. The maximum Gasteiger partial charge on any atom is 0.225 e. The lowest BCUT2D eigenvalue weighted by atomic mass is 10.1. The Labute approximate surface area is 121 Å². The summed E-state index contributed by atoms with van der Waals surface area (Å²) in [7, 11) is 3.40. The van der Waals surface area contributed by atoms with Gasteiger partial charge in [-0.05, 0) is 25.3 Å². The van der Waals surface area contributed by atoms with E-state index in [9.17, 15) is 0 Å². The molecule has 0 aliphatic rings. The quantitative estimate of drug-likeness (QED) is 0.642. The van der Waals surface area contributed by atoms with E-state index in [0.717, 1.165) is 44.0 Å². The van der Waals surface area contributed by atoms with Crippen LogP contribution >= 0.6 is 0 Å². The largest absolute Gasteiger partial charge is 0.385 e. The highest BCUT2D eigenvalue weighted by molar-refractivity contribution is 5.29. The lowest BCUT2D eigenvalue weighted by Crippen LogP contribution is -2.30. The molecule has 0 fully saturated rings. The van der Waals surface area contributed by atoms with Crippen molar-refractivity contribution in [1.82, 2.24) is 9.97 Å². The summed E-state index contributed by atoms with van der Waals surface area (Å²) in [4.78, 5) is 11.0. The Balaban J connectivity index is 2.63. The molecule has 1 atom stereocenters. The van der Waals surface area contributed by atoms with Crippen molar-refractivity contribution in [2.75, 3.05) is 45.4 Å². The van der Waals surface area contributed by atoms with Gasteiger partial charge in [0.1, 0.15) is 0 Å². The monoisotopic (exact) mass is 282 g/mol. The SMILES string of the molecule is COCCCN(CCOC)c1ncc(CC(C)N)cn1. The van der Waals surface area contributed by atoms with Crippen molar-refractivity contribution in [1.29, 1.82) is 0 Å². The highest BCUT2D eigenvalue weighted by Crippen LogP contribution is 2.09. The fourth-order valence-electron chi connectivity index (χ4n) is 1.90. The highest BCUT2D eigenvalue weighted by Gasteiger charge is 2.09. The first-order valence-corrected chi connectivity index (χ1v) is 6.96. The molecule has 0 radical (unpaired) electrons. The molecular weight excluding hydrogens is 256 g/mol. The predicted octanol–water partition coefficient (Wildman–Crippen LogP) is 0.856. The highest BCUT2D eigenvalue weighted by atomic mass is 16.5. The van der Waals surface area contributed by atoms with Gasteiger partial charge in [-0.2, -0.15) is 0 Å². The molecule has 0 aliphatic heterocycles. The molecule has 1 aromatic heterocycles. The van der Waals surface area contributed by atoms with Gasteiger partial charge < -0.3 is 20.1 Å². The van der Waals surface area contributed by atoms with Crippen LogP contribution in [0.4, 0.5) is 5.95 Å². The van der Waals surface area contributed by atoms with Crippen LogP contribution in [0.3, 0.4) is 0 Å². The molecule has 6 nitrogen and oxygen atoms in total. The molecule has 1 aromatic rings. The molecule has 2 N–H and O–H groups in total. The van der Waals surface area contributed by atoms with Crippen molar-refractivity contribution in [3.05, 3.63) is 18.0 Å². The van der Waals surface area contributed by atoms with E-state index in [1.807, 2.05) is 19.3 Å². The topological polar surface area (TPSA) is 73.5 Å². The summed E-state index contributed by atoms with van der Waals surface area (Å²) in [6.07, 6.45) is 5.43. The van der Waals surface area contributed by atoms with Crippen molar-refractivity contribution < 1.29 is 9.47 Å². The number of anilines is 1. The first-order chi connectivity index (χ1) is 9.67. The molecular formula is C14H26N4O2. The molecule has 0 saturated carbocycles. The van der Waals surface area contributed by atoms with Crippen molar-refractivity contribution in [2.45, 2.75) is 25.8 Å². The Bertz CT molecular complexity index is 357. The van der Waals surface area contributed by atoms with E-state index in [-0.39, 0.29) is 6.04 Å². The summed E-state index contributed by atoms with van der Waals surface area (Å²) in [5.74, 6) is 0.728. The van der Waals surface area contributed by atoms with Gasteiger partial charge in [0.15, 0.2) is 0 Å². The lowest BCUT2D eigenvalue weighted by Gasteiger charge is -2.22. The van der Waals surface area contributed by atoms with Gasteiger partial charge in [-0.25, -0.2) is 9.97 Å². The molecule has 1 heterocycles. The maximum absolute atomic E-state index is 5.77. The zero-order valence-electron chi connectivity index (χ0n) is 12.7. The number of rotatable bonds is 10. The second-order valence-electron chi connectivity index (χ2n) is 4.90. The van der Waals surface area contributed by atoms with Gasteiger partial charge in [0.25, 0.3) is 0 Å². The first-order valence-electron chi connectivity index (χ1n) is 6.96. The van der Waals surface area contributed by atoms with E-state index in [1.54, 1.807) is 14.2 Å². The number of methoxy groups -OCH3 is 2. The van der Waals surface area contributed by atoms with Crippen molar-refractivity contribution >= 4 is 5.95 Å². The summed E-state index contributed by atoms with van der Waals surface area (Å²) < 4.78 is 10.2. The van der Waals surface area contributed by atoms with Crippen LogP contribution in [0.2, 0.25) is 0 Å². The van der Waals surface area contributed by atoms with Gasteiger partial charge in [0.05, 0.1) is 6.61 Å². The molecule has 0 aromatic carbocycles. The summed E-state index contributed by atoms with van der Waals surface area (Å²) in [6, 6.07) is 0.121. The Kier molecular flexibility index (Phi) is 8.10. The molecule has 1 rings (SSSR count). The second kappa shape index (κ2) is 9.63. The van der Waals surface area contributed by atoms with Crippen LogP contribution in [-0.4, -0.2) is 56.5 Å². The van der Waals surface area contributed by atoms with Gasteiger partial charge in [0.2, 0.25) is 5.95 Å². The summed E-state index contributed by atoms with van der Waals surface area (Å²) >= 11 is 0. The molecule has 6 heteroatoms. The van der Waals surface area contributed by atoms with Crippen molar-refractivity contribution in [3.63, 3.8) is 0 Å². The van der Waals surface area contributed by atoms with Crippen molar-refractivity contribution in [3.8, 4) is 0 Å². The van der Waals surface area contributed by atoms with E-state index in [0.29, 0.717) is 6.61 Å². The molecule has 1 unspecified atom stereocenters. The Morgan fingerprint density at radius 2 is 1.80 bits per heavy atom. The van der Waals surface area contributed by atoms with Crippen LogP contribution in [0.5, 0.6) is 0 Å². The normalized spacial score (nSPS) is 12.4. The Morgan fingerprint density at radius 1 is 1.15 bits per heavy atom. The summed E-state index contributed by atoms with van der Waals surface area (Å²) in [5, 5.41) is 0. The summed E-state index contributed by atoms with van der Waals surface area (Å²) in [6.45, 7) is 4.98. The zero-order valence-corrected chi connectivity index (χ0v) is 12.7. The minimum atomic E-state index is 0.121. The standard InChI is InChI=1S/C14H26N4O2/c1-12(15)9-13-10-16-14(17-11-13)18(6-8-20-3)5-4-7-19-2/h10-12H,4-9,15H2,1-3H3. The van der Waals surface area contributed by atoms with Crippen LogP contribution in [0, 0.1) is 0 Å². The average Bonchev–Trinajstić information content (AvgIpc) is 2.43. The molecule has 0 bridgehead atoms. The third-order valence-electron chi connectivity index (χ3n) is 2.87. The fraction of sp³-hybridized carbons (Fsp3) is 0.714. The second-order valence-corrected chi connectivity index (χ2v) is 4.90. The maximum atomic E-state index is 5.77. The van der Waals surface area contributed by atoms with E-state index >= 15 is 0 Å².